The van der Waals surface area contributed by atoms with Gasteiger partial charge in [0.25, 0.3) is 0 Å². The van der Waals surface area contributed by atoms with E-state index in [1.54, 1.807) is 26.4 Å². The van der Waals surface area contributed by atoms with Crippen LogP contribution in [0.5, 0.6) is 11.5 Å². The highest BCUT2D eigenvalue weighted by Crippen LogP contribution is 2.40. The number of halogens is 1. The van der Waals surface area contributed by atoms with Gasteiger partial charge >= 0.3 is 0 Å². The summed E-state index contributed by atoms with van der Waals surface area (Å²) in [6.45, 7) is 7.18. The van der Waals surface area contributed by atoms with Crippen molar-refractivity contribution < 1.29 is 18.7 Å². The number of fused-ring (bicyclic) bond motifs is 1. The van der Waals surface area contributed by atoms with E-state index in [1.165, 1.54) is 11.6 Å². The lowest BCUT2D eigenvalue weighted by atomic mass is 9.87. The predicted octanol–water partition coefficient (Wildman–Crippen LogP) is 4.10. The summed E-state index contributed by atoms with van der Waals surface area (Å²) in [5.74, 6) is 1.04. The topological polar surface area (TPSA) is 50.8 Å². The number of amides is 1. The molecule has 2 aromatic rings. The molecule has 1 N–H and O–H groups in total. The van der Waals surface area contributed by atoms with Gasteiger partial charge in [-0.15, -0.1) is 0 Å². The molecule has 0 aliphatic carbocycles. The number of hydrogen-bond donors (Lipinski definition) is 1. The van der Waals surface area contributed by atoms with Gasteiger partial charge in [0.15, 0.2) is 11.5 Å². The summed E-state index contributed by atoms with van der Waals surface area (Å²) in [4.78, 5) is 14.7. The Morgan fingerprint density at radius 1 is 1.17 bits per heavy atom. The van der Waals surface area contributed by atoms with Crippen molar-refractivity contribution in [2.24, 2.45) is 5.92 Å². The minimum absolute atomic E-state index is 0.0146. The molecule has 30 heavy (non-hydrogen) atoms. The highest BCUT2D eigenvalue weighted by Gasteiger charge is 2.34. The van der Waals surface area contributed by atoms with Crippen LogP contribution in [-0.4, -0.2) is 37.6 Å². The molecule has 0 radical (unpaired) electrons. The first-order valence-electron chi connectivity index (χ1n) is 10.4. The first-order chi connectivity index (χ1) is 14.3. The van der Waals surface area contributed by atoms with Gasteiger partial charge in [-0.3, -0.25) is 9.69 Å². The van der Waals surface area contributed by atoms with Gasteiger partial charge in [-0.25, -0.2) is 4.39 Å². The molecule has 1 aliphatic rings. The number of nitrogens with one attached hydrogen (secondary N) is 1. The quantitative estimate of drug-likeness (QED) is 0.741. The molecule has 2 atom stereocenters. The van der Waals surface area contributed by atoms with Gasteiger partial charge in [-0.05, 0) is 54.3 Å². The summed E-state index contributed by atoms with van der Waals surface area (Å²) in [5.41, 5.74) is 3.19. The summed E-state index contributed by atoms with van der Waals surface area (Å²) in [5, 5.41) is 3.16. The molecule has 2 aromatic carbocycles. The van der Waals surface area contributed by atoms with E-state index in [2.05, 4.69) is 10.2 Å². The molecule has 0 aromatic heterocycles. The number of nitrogens with zero attached hydrogens (tertiary/aromatic N) is 1. The van der Waals surface area contributed by atoms with Crippen molar-refractivity contribution in [2.45, 2.75) is 45.8 Å². The number of benzene rings is 2. The Kier molecular flexibility index (Phi) is 6.98. The van der Waals surface area contributed by atoms with E-state index in [9.17, 15) is 9.18 Å². The number of carbonyl (C=O) groups is 1. The lowest BCUT2D eigenvalue weighted by Gasteiger charge is -2.41. The smallest absolute Gasteiger partial charge is 0.222 e. The standard InChI is InChI=1S/C24H31FN2O3/c1-15(2)24(28)26-16(3)23-20-13-22(30-5)21(29-4)12-18(20)9-10-27(23)14-17-7-6-8-19(25)11-17/h6-8,11-13,15-16,23H,9-10,14H2,1-5H3,(H,26,28)/t16-,23-/m1/s1. The fourth-order valence-electron chi connectivity index (χ4n) is 4.13. The zero-order valence-electron chi connectivity index (χ0n) is 18.4. The van der Waals surface area contributed by atoms with Gasteiger partial charge < -0.3 is 14.8 Å². The van der Waals surface area contributed by atoms with Crippen LogP contribution in [0.15, 0.2) is 36.4 Å². The molecule has 0 bridgehead atoms. The molecular formula is C24H31FN2O3. The fraction of sp³-hybridized carbons (Fsp3) is 0.458. The van der Waals surface area contributed by atoms with Crippen LogP contribution in [-0.2, 0) is 17.8 Å². The number of ether oxygens (including phenoxy) is 2. The van der Waals surface area contributed by atoms with E-state index in [1.807, 2.05) is 39.0 Å². The molecular weight excluding hydrogens is 383 g/mol. The lowest BCUT2D eigenvalue weighted by molar-refractivity contribution is -0.125. The number of hydrogen-bond acceptors (Lipinski definition) is 4. The summed E-state index contributed by atoms with van der Waals surface area (Å²) in [7, 11) is 3.25. The predicted molar refractivity (Wildman–Crippen MR) is 115 cm³/mol. The maximum atomic E-state index is 13.8. The molecule has 0 fully saturated rings. The van der Waals surface area contributed by atoms with Crippen molar-refractivity contribution >= 4 is 5.91 Å². The molecule has 1 amide bonds. The Balaban J connectivity index is 1.99. The van der Waals surface area contributed by atoms with Crippen molar-refractivity contribution in [3.8, 4) is 11.5 Å². The van der Waals surface area contributed by atoms with Crippen LogP contribution < -0.4 is 14.8 Å². The maximum absolute atomic E-state index is 13.8. The van der Waals surface area contributed by atoms with Crippen LogP contribution in [0.4, 0.5) is 4.39 Å². The van der Waals surface area contributed by atoms with E-state index < -0.39 is 0 Å². The Bertz CT molecular complexity index is 900. The van der Waals surface area contributed by atoms with Gasteiger partial charge in [-0.2, -0.15) is 0 Å². The van der Waals surface area contributed by atoms with Crippen LogP contribution in [0, 0.1) is 11.7 Å². The van der Waals surface area contributed by atoms with E-state index in [-0.39, 0.29) is 29.7 Å². The molecule has 162 valence electrons. The Hall–Kier alpha value is -2.60. The van der Waals surface area contributed by atoms with Crippen molar-refractivity contribution in [1.82, 2.24) is 10.2 Å². The molecule has 0 unspecified atom stereocenters. The molecule has 0 spiro atoms. The molecule has 3 rings (SSSR count). The largest absolute Gasteiger partial charge is 0.493 e. The van der Waals surface area contributed by atoms with Gasteiger partial charge in [0.05, 0.1) is 20.3 Å². The number of carbonyl (C=O) groups excluding carboxylic acids is 1. The average Bonchev–Trinajstić information content (AvgIpc) is 2.72. The molecule has 0 saturated heterocycles. The van der Waals surface area contributed by atoms with Crippen molar-refractivity contribution in [3.63, 3.8) is 0 Å². The van der Waals surface area contributed by atoms with E-state index >= 15 is 0 Å². The minimum atomic E-state index is -0.242. The summed E-state index contributed by atoms with van der Waals surface area (Å²) >= 11 is 0. The number of rotatable bonds is 7. The highest BCUT2D eigenvalue weighted by atomic mass is 19.1. The minimum Gasteiger partial charge on any atom is -0.493 e. The zero-order valence-corrected chi connectivity index (χ0v) is 18.4. The monoisotopic (exact) mass is 414 g/mol. The summed E-state index contributed by atoms with van der Waals surface area (Å²) < 4.78 is 24.8. The van der Waals surface area contributed by atoms with Crippen molar-refractivity contribution in [1.29, 1.82) is 0 Å². The van der Waals surface area contributed by atoms with Gasteiger partial charge in [-0.1, -0.05) is 26.0 Å². The highest BCUT2D eigenvalue weighted by molar-refractivity contribution is 5.78. The van der Waals surface area contributed by atoms with E-state index in [0.717, 1.165) is 24.1 Å². The Morgan fingerprint density at radius 2 is 1.87 bits per heavy atom. The van der Waals surface area contributed by atoms with Crippen LogP contribution in [0.2, 0.25) is 0 Å². The lowest BCUT2D eigenvalue weighted by Crippen LogP contribution is -2.48. The Morgan fingerprint density at radius 3 is 2.50 bits per heavy atom. The summed E-state index contributed by atoms with van der Waals surface area (Å²) in [6.07, 6.45) is 0.840. The Labute approximate surface area is 178 Å². The SMILES string of the molecule is COc1cc2c(cc1OC)[C@@H]([C@@H](C)NC(=O)C(C)C)N(Cc1cccc(F)c1)CC2. The van der Waals surface area contributed by atoms with Crippen molar-refractivity contribution in [2.75, 3.05) is 20.8 Å². The van der Waals surface area contributed by atoms with Gasteiger partial charge in [0.2, 0.25) is 5.91 Å². The second-order valence-corrected chi connectivity index (χ2v) is 8.15. The second kappa shape index (κ2) is 9.47. The third-order valence-electron chi connectivity index (χ3n) is 5.67. The van der Waals surface area contributed by atoms with E-state index in [0.29, 0.717) is 18.0 Å². The first-order valence-corrected chi connectivity index (χ1v) is 10.4. The molecule has 1 heterocycles. The molecule has 6 heteroatoms. The van der Waals surface area contributed by atoms with Crippen LogP contribution in [0.25, 0.3) is 0 Å². The molecule has 0 saturated carbocycles. The van der Waals surface area contributed by atoms with Gasteiger partial charge in [0, 0.05) is 25.0 Å². The second-order valence-electron chi connectivity index (χ2n) is 8.15. The number of methoxy groups -OCH3 is 2. The first kappa shape index (κ1) is 22.1. The van der Waals surface area contributed by atoms with Crippen LogP contribution >= 0.6 is 0 Å². The molecule has 1 aliphatic heterocycles. The van der Waals surface area contributed by atoms with Crippen LogP contribution in [0.3, 0.4) is 0 Å². The third kappa shape index (κ3) is 4.75. The fourth-order valence-corrected chi connectivity index (χ4v) is 4.13. The van der Waals surface area contributed by atoms with E-state index in [4.69, 9.17) is 9.47 Å². The third-order valence-corrected chi connectivity index (χ3v) is 5.67. The molecule has 5 nitrogen and oxygen atoms in total. The van der Waals surface area contributed by atoms with Crippen LogP contribution in [0.1, 0.15) is 43.5 Å². The van der Waals surface area contributed by atoms with Crippen molar-refractivity contribution in [3.05, 3.63) is 58.9 Å². The normalized spacial score (nSPS) is 17.4. The summed E-state index contributed by atoms with van der Waals surface area (Å²) in [6, 6.07) is 10.5. The zero-order chi connectivity index (χ0) is 21.8. The maximum Gasteiger partial charge on any atom is 0.222 e. The average molecular weight is 415 g/mol. The van der Waals surface area contributed by atoms with Gasteiger partial charge in [0.1, 0.15) is 5.82 Å².